The van der Waals surface area contributed by atoms with Gasteiger partial charge in [0.25, 0.3) is 6.20 Å². The predicted octanol–water partition coefficient (Wildman–Crippen LogP) is 3.51. The number of carbonyl (C=O) groups is 1. The maximum Gasteiger partial charge on any atom is 0.416 e. The molecule has 0 saturated heterocycles. The highest BCUT2D eigenvalue weighted by atomic mass is 32.1. The number of nitrogens with one attached hydrogen (secondary N) is 2. The summed E-state index contributed by atoms with van der Waals surface area (Å²) in [6, 6.07) is 8.89. The fourth-order valence-corrected chi connectivity index (χ4v) is 4.99. The van der Waals surface area contributed by atoms with E-state index in [9.17, 15) is 23.1 Å². The number of halogens is 3. The molecule has 38 heavy (non-hydrogen) atoms. The van der Waals surface area contributed by atoms with Gasteiger partial charge in [0, 0.05) is 40.6 Å². The van der Waals surface area contributed by atoms with Gasteiger partial charge >= 0.3 is 18.1 Å². The molecule has 5 rings (SSSR count). The van der Waals surface area contributed by atoms with Crippen molar-refractivity contribution >= 4 is 40.5 Å². The van der Waals surface area contributed by atoms with E-state index in [1.54, 1.807) is 24.4 Å². The number of aliphatic imine (C=N–C) groups is 1. The van der Waals surface area contributed by atoms with Crippen molar-refractivity contribution in [3.05, 3.63) is 81.4 Å². The first-order valence-corrected chi connectivity index (χ1v) is 12.1. The largest absolute Gasteiger partial charge is 0.858 e. The van der Waals surface area contributed by atoms with Gasteiger partial charge in [0.15, 0.2) is 0 Å². The van der Waals surface area contributed by atoms with Crippen LogP contribution in [-0.4, -0.2) is 34.1 Å². The summed E-state index contributed by atoms with van der Waals surface area (Å²) in [5, 5.41) is 21.1. The van der Waals surface area contributed by atoms with E-state index < -0.39 is 23.7 Å². The molecule has 3 aromatic heterocycles. The Bertz CT molecular complexity index is 1480. The second-order valence-electron chi connectivity index (χ2n) is 8.58. The number of thiophene rings is 1. The molecular weight excluding hydrogens is 523 g/mol. The van der Waals surface area contributed by atoms with Crippen molar-refractivity contribution in [3.8, 4) is 0 Å². The van der Waals surface area contributed by atoms with Gasteiger partial charge in [-0.15, -0.1) is 11.3 Å². The van der Waals surface area contributed by atoms with E-state index in [2.05, 4.69) is 30.8 Å². The van der Waals surface area contributed by atoms with Crippen LogP contribution in [0.3, 0.4) is 0 Å². The van der Waals surface area contributed by atoms with Crippen molar-refractivity contribution < 1.29 is 32.3 Å². The molecule has 196 valence electrons. The highest BCUT2D eigenvalue weighted by Crippen LogP contribution is 2.35. The number of aromatic nitrogens is 3. The van der Waals surface area contributed by atoms with Crippen LogP contribution in [0.2, 0.25) is 0 Å². The fourth-order valence-electron chi connectivity index (χ4n) is 3.86. The number of anilines is 2. The Morgan fingerprint density at radius 3 is 2.82 bits per heavy atom. The maximum atomic E-state index is 13.5. The van der Waals surface area contributed by atoms with E-state index in [1.165, 1.54) is 28.3 Å². The number of fused-ring (bicyclic) bond motifs is 1. The van der Waals surface area contributed by atoms with Crippen LogP contribution in [0.5, 0.6) is 0 Å². The molecule has 0 aliphatic carbocycles. The lowest BCUT2D eigenvalue weighted by atomic mass is 10.1. The second kappa shape index (κ2) is 10.2. The van der Waals surface area contributed by atoms with E-state index in [0.717, 1.165) is 22.6 Å². The number of amides is 2. The molecule has 0 radical (unpaired) electrons. The molecule has 0 saturated carbocycles. The minimum atomic E-state index is -4.72. The third-order valence-corrected chi connectivity index (χ3v) is 6.64. The minimum Gasteiger partial charge on any atom is -0.858 e. The molecule has 10 nitrogen and oxygen atoms in total. The first-order valence-electron chi connectivity index (χ1n) is 11.3. The van der Waals surface area contributed by atoms with Crippen LogP contribution in [0, 0.1) is 0 Å². The average Bonchev–Trinajstić information content (AvgIpc) is 3.54. The number of benzene rings is 1. The summed E-state index contributed by atoms with van der Waals surface area (Å²) in [5.41, 5.74) is 0.202. The lowest BCUT2D eigenvalue weighted by Gasteiger charge is -2.14. The van der Waals surface area contributed by atoms with E-state index in [1.807, 2.05) is 13.1 Å². The lowest BCUT2D eigenvalue weighted by molar-refractivity contribution is -0.755. The molecule has 0 spiro atoms. The van der Waals surface area contributed by atoms with Gasteiger partial charge in [-0.1, -0.05) is 6.07 Å². The zero-order valence-corrected chi connectivity index (χ0v) is 20.6. The maximum absolute atomic E-state index is 13.5. The van der Waals surface area contributed by atoms with Crippen LogP contribution >= 0.6 is 11.3 Å². The van der Waals surface area contributed by atoms with Crippen LogP contribution in [0.4, 0.5) is 35.2 Å². The van der Waals surface area contributed by atoms with Gasteiger partial charge in [-0.3, -0.25) is 24.7 Å². The van der Waals surface area contributed by atoms with E-state index in [-0.39, 0.29) is 23.8 Å². The molecule has 1 aromatic carbocycles. The van der Waals surface area contributed by atoms with Gasteiger partial charge in [-0.05, 0) is 53.7 Å². The van der Waals surface area contributed by atoms with Crippen LogP contribution in [0.25, 0.3) is 0 Å². The molecule has 0 unspecified atom stereocenters. The van der Waals surface area contributed by atoms with Crippen LogP contribution in [0.1, 0.15) is 26.6 Å². The molecular formula is C24H20F3N7O3S. The van der Waals surface area contributed by atoms with Crippen LogP contribution < -0.4 is 20.4 Å². The monoisotopic (exact) mass is 543 g/mol. The standard InChI is InChI=1S/C24H20F3N7O3S/c1-33-10-14-6-19(38-20(14)12-33)22(35)29-17-7-15(24(25,26)27)8-18(9-17)30-23(36)31-21-13-34(32-37-21)11-16-4-2-3-5-28-16/h2-9,13H,10-12H2,1H3,(H2-,29,30,31,32,35,36). The second-order valence-corrected chi connectivity index (χ2v) is 9.72. The Morgan fingerprint density at radius 2 is 2.08 bits per heavy atom. The molecule has 2 amide bonds. The number of alkyl halides is 3. The minimum absolute atomic E-state index is 0.0399. The summed E-state index contributed by atoms with van der Waals surface area (Å²) < 4.78 is 47.0. The molecule has 0 bridgehead atoms. The van der Waals surface area contributed by atoms with E-state index >= 15 is 0 Å². The van der Waals surface area contributed by atoms with Crippen molar-refractivity contribution in [2.45, 2.75) is 25.8 Å². The Hall–Kier alpha value is -4.30. The normalized spacial score (nSPS) is 13.9. The molecule has 4 aromatic rings. The van der Waals surface area contributed by atoms with Gasteiger partial charge in [0.2, 0.25) is 11.8 Å². The zero-order valence-electron chi connectivity index (χ0n) is 19.8. The highest BCUT2D eigenvalue weighted by molar-refractivity contribution is 7.14. The third-order valence-electron chi connectivity index (χ3n) is 5.49. The summed E-state index contributed by atoms with van der Waals surface area (Å²) in [4.78, 5) is 24.0. The summed E-state index contributed by atoms with van der Waals surface area (Å²) in [6.45, 7) is 1.68. The first kappa shape index (κ1) is 25.4. The number of urea groups is 1. The van der Waals surface area contributed by atoms with Crippen molar-refractivity contribution in [1.82, 2.24) is 15.2 Å². The van der Waals surface area contributed by atoms with Gasteiger partial charge in [0.1, 0.15) is 5.69 Å². The zero-order chi connectivity index (χ0) is 26.9. The van der Waals surface area contributed by atoms with E-state index in [0.29, 0.717) is 23.7 Å². The summed E-state index contributed by atoms with van der Waals surface area (Å²) in [5.74, 6) is -0.692. The number of carbonyl (C=O) groups excluding carboxylic acids is 1. The summed E-state index contributed by atoms with van der Waals surface area (Å²) >= 11 is 1.27. The smallest absolute Gasteiger partial charge is 0.416 e. The number of nitrogens with zero attached hydrogens (tertiary/aromatic N) is 5. The Kier molecular flexibility index (Phi) is 6.82. The fraction of sp³-hybridized carbons (Fsp3) is 0.208. The number of hydrogen-bond acceptors (Lipinski definition) is 8. The van der Waals surface area contributed by atoms with Gasteiger partial charge in [-0.2, -0.15) is 13.2 Å². The van der Waals surface area contributed by atoms with Gasteiger partial charge in [-0.25, -0.2) is 4.79 Å². The van der Waals surface area contributed by atoms with Crippen molar-refractivity contribution in [1.29, 1.82) is 0 Å². The lowest BCUT2D eigenvalue weighted by Crippen LogP contribution is -2.35. The van der Waals surface area contributed by atoms with Crippen molar-refractivity contribution in [2.24, 2.45) is 4.99 Å². The molecule has 14 heteroatoms. The quantitative estimate of drug-likeness (QED) is 0.218. The number of pyridine rings is 1. The topological polar surface area (TPSA) is 123 Å². The average molecular weight is 544 g/mol. The van der Waals surface area contributed by atoms with Gasteiger partial charge < -0.3 is 10.4 Å². The summed E-state index contributed by atoms with van der Waals surface area (Å²) in [7, 11) is 1.95. The molecule has 0 atom stereocenters. The van der Waals surface area contributed by atoms with Crippen molar-refractivity contribution in [2.75, 3.05) is 17.7 Å². The SMILES string of the molecule is CN1Cc2cc(C([O-])=Nc3cc(NC(=O)Nc4c[n+](Cc5ccccn5)no4)cc(C(F)(F)F)c3)sc2C1. The molecule has 1 aliphatic rings. The molecule has 4 heterocycles. The third kappa shape index (κ3) is 5.98. The highest BCUT2D eigenvalue weighted by Gasteiger charge is 2.31. The Morgan fingerprint density at radius 1 is 1.24 bits per heavy atom. The first-order chi connectivity index (χ1) is 18.1. The molecule has 0 fully saturated rings. The van der Waals surface area contributed by atoms with E-state index in [4.69, 9.17) is 4.52 Å². The van der Waals surface area contributed by atoms with Crippen LogP contribution in [-0.2, 0) is 25.8 Å². The Balaban J connectivity index is 1.31. The number of rotatable bonds is 6. The van der Waals surface area contributed by atoms with Crippen molar-refractivity contribution in [3.63, 3.8) is 0 Å². The molecule has 2 N–H and O–H groups in total. The summed E-state index contributed by atoms with van der Waals surface area (Å²) in [6.07, 6.45) is -1.70. The predicted molar refractivity (Wildman–Crippen MR) is 130 cm³/mol. The van der Waals surface area contributed by atoms with Gasteiger partial charge in [0.05, 0.1) is 11.3 Å². The van der Waals surface area contributed by atoms with Crippen LogP contribution in [0.15, 0.2) is 64.4 Å². The number of hydrogen-bond donors (Lipinski definition) is 2. The Labute approximate surface area is 218 Å². The molecule has 1 aliphatic heterocycles.